The molecule has 11 nitrogen and oxygen atoms in total. The number of amides is 2. The highest BCUT2D eigenvalue weighted by Crippen LogP contribution is 2.38. The van der Waals surface area contributed by atoms with Gasteiger partial charge in [0.05, 0.1) is 30.8 Å². The van der Waals surface area contributed by atoms with E-state index in [-0.39, 0.29) is 32.4 Å². The van der Waals surface area contributed by atoms with Crippen LogP contribution in [0.2, 0.25) is 0 Å². The third-order valence-corrected chi connectivity index (χ3v) is 7.39. The molecule has 0 radical (unpaired) electrons. The number of nitrogens with zero attached hydrogens (tertiary/aromatic N) is 2. The third kappa shape index (κ3) is 6.72. The molecular weight excluding hydrogens is 480 g/mol. The number of benzene rings is 1. The van der Waals surface area contributed by atoms with E-state index >= 15 is 0 Å². The number of sulfonamides is 1. The molecular formula is C18H24N4O7S3. The fraction of sp³-hybridized carbons (Fsp3) is 0.389. The molecule has 176 valence electrons. The molecule has 0 saturated heterocycles. The summed E-state index contributed by atoms with van der Waals surface area (Å²) in [7, 11) is -7.49. The van der Waals surface area contributed by atoms with Crippen molar-refractivity contribution in [1.29, 1.82) is 0 Å². The van der Waals surface area contributed by atoms with Gasteiger partial charge in [0.2, 0.25) is 10.0 Å². The van der Waals surface area contributed by atoms with Gasteiger partial charge in [0.15, 0.2) is 15.0 Å². The summed E-state index contributed by atoms with van der Waals surface area (Å²) in [5.41, 5.74) is 5.23. The van der Waals surface area contributed by atoms with Gasteiger partial charge in [-0.05, 0) is 18.1 Å². The molecule has 2 rings (SSSR count). The van der Waals surface area contributed by atoms with Crippen molar-refractivity contribution >= 4 is 53.8 Å². The largest absolute Gasteiger partial charge is 0.491 e. The monoisotopic (exact) mass is 504 g/mol. The number of sulfone groups is 1. The summed E-state index contributed by atoms with van der Waals surface area (Å²) in [4.78, 5) is 29.5. The van der Waals surface area contributed by atoms with E-state index in [1.807, 2.05) is 13.8 Å². The molecule has 3 N–H and O–H groups in total. The number of primary amides is 1. The topological polar surface area (TPSA) is 166 Å². The average molecular weight is 505 g/mol. The smallest absolute Gasteiger partial charge is 0.322 e. The van der Waals surface area contributed by atoms with Gasteiger partial charge in [-0.2, -0.15) is 0 Å². The van der Waals surface area contributed by atoms with Gasteiger partial charge in [-0.3, -0.25) is 9.59 Å². The maximum Gasteiger partial charge on any atom is 0.322 e. The molecule has 1 heterocycles. The van der Waals surface area contributed by atoms with Crippen molar-refractivity contribution in [1.82, 2.24) is 9.71 Å². The number of para-hydroxylation sites is 2. The number of thiazole rings is 1. The molecule has 32 heavy (non-hydrogen) atoms. The Morgan fingerprint density at radius 3 is 2.34 bits per heavy atom. The number of ether oxygens (including phenoxy) is 1. The number of aromatic nitrogens is 1. The second kappa shape index (κ2) is 9.94. The van der Waals surface area contributed by atoms with Crippen LogP contribution in [0, 0.1) is 5.92 Å². The highest BCUT2D eigenvalue weighted by atomic mass is 32.2. The van der Waals surface area contributed by atoms with Gasteiger partial charge >= 0.3 is 11.8 Å². The minimum Gasteiger partial charge on any atom is -0.491 e. The Balaban J connectivity index is 2.66. The summed E-state index contributed by atoms with van der Waals surface area (Å²) in [5, 5.41) is -0.180. The minimum absolute atomic E-state index is 0.124. The Morgan fingerprint density at radius 1 is 1.19 bits per heavy atom. The summed E-state index contributed by atoms with van der Waals surface area (Å²) in [6.45, 7) is 3.73. The molecule has 0 atom stereocenters. The molecule has 1 aromatic heterocycles. The van der Waals surface area contributed by atoms with Crippen molar-refractivity contribution in [2.45, 2.75) is 24.6 Å². The first kappa shape index (κ1) is 25.7. The summed E-state index contributed by atoms with van der Waals surface area (Å²) in [6.07, 6.45) is 1.83. The van der Waals surface area contributed by atoms with E-state index in [2.05, 4.69) is 9.71 Å². The highest BCUT2D eigenvalue weighted by Gasteiger charge is 2.31. The number of hydrogen-bond donors (Lipinski definition) is 2. The van der Waals surface area contributed by atoms with Crippen LogP contribution in [0.5, 0.6) is 5.75 Å². The van der Waals surface area contributed by atoms with Gasteiger partial charge < -0.3 is 10.5 Å². The molecule has 0 spiro atoms. The van der Waals surface area contributed by atoms with Gasteiger partial charge in [-0.15, -0.1) is 0 Å². The SMILES string of the molecule is CC(C)COc1ccccc1N(C(=O)C(N)=O)c1nc(CNS(C)(=O)=O)c(S(C)(=O)=O)s1. The van der Waals surface area contributed by atoms with E-state index in [1.54, 1.807) is 18.2 Å². The number of nitrogens with two attached hydrogens (primary N) is 1. The van der Waals surface area contributed by atoms with Crippen LogP contribution >= 0.6 is 11.3 Å². The zero-order valence-electron chi connectivity index (χ0n) is 17.9. The maximum atomic E-state index is 12.7. The first-order chi connectivity index (χ1) is 14.7. The van der Waals surface area contributed by atoms with Crippen LogP contribution in [-0.2, 0) is 36.0 Å². The van der Waals surface area contributed by atoms with Gasteiger partial charge in [0.25, 0.3) is 0 Å². The number of hydrogen-bond acceptors (Lipinski definition) is 9. The quantitative estimate of drug-likeness (QED) is 0.473. The van der Waals surface area contributed by atoms with Crippen LogP contribution in [-0.4, -0.2) is 52.8 Å². The lowest BCUT2D eigenvalue weighted by Gasteiger charge is -2.22. The van der Waals surface area contributed by atoms with Crippen molar-refractivity contribution < 1.29 is 31.2 Å². The van der Waals surface area contributed by atoms with E-state index in [1.165, 1.54) is 6.07 Å². The zero-order valence-corrected chi connectivity index (χ0v) is 20.3. The first-order valence-electron chi connectivity index (χ1n) is 9.20. The second-order valence-electron chi connectivity index (χ2n) is 7.27. The average Bonchev–Trinajstić information content (AvgIpc) is 3.09. The third-order valence-electron chi connectivity index (χ3n) is 3.77. The molecule has 2 aromatic rings. The van der Waals surface area contributed by atoms with Crippen molar-refractivity contribution in [3.63, 3.8) is 0 Å². The van der Waals surface area contributed by atoms with Crippen LogP contribution in [0.25, 0.3) is 0 Å². The molecule has 1 aromatic carbocycles. The summed E-state index contributed by atoms with van der Waals surface area (Å²) < 4.78 is 55.1. The van der Waals surface area contributed by atoms with E-state index in [9.17, 15) is 26.4 Å². The number of rotatable bonds is 9. The summed E-state index contributed by atoms with van der Waals surface area (Å²) >= 11 is 0.607. The van der Waals surface area contributed by atoms with Gasteiger partial charge in [0, 0.05) is 6.26 Å². The number of carbonyl (C=O) groups excluding carboxylic acids is 2. The number of anilines is 2. The molecule has 2 amide bonds. The lowest BCUT2D eigenvalue weighted by atomic mass is 10.2. The van der Waals surface area contributed by atoms with Crippen molar-refractivity contribution in [2.75, 3.05) is 24.0 Å². The predicted molar refractivity (Wildman–Crippen MR) is 120 cm³/mol. The van der Waals surface area contributed by atoms with E-state index in [0.717, 1.165) is 17.4 Å². The van der Waals surface area contributed by atoms with Crippen molar-refractivity contribution in [3.8, 4) is 5.75 Å². The number of carbonyl (C=O) groups is 2. The van der Waals surface area contributed by atoms with Crippen molar-refractivity contribution in [2.24, 2.45) is 11.7 Å². The predicted octanol–water partition coefficient (Wildman–Crippen LogP) is 0.781. The standard InChI is InChI=1S/C18H24N4O7S3/c1-11(2)10-29-14-8-6-5-7-13(14)22(16(24)15(19)23)18-21-12(9-20-32(4,27)28)17(30-18)31(3,25)26/h5-8,11,20H,9-10H2,1-4H3,(H2,19,23). The van der Waals surface area contributed by atoms with Gasteiger partial charge in [-0.1, -0.05) is 37.3 Å². The Kier molecular flexibility index (Phi) is 7.98. The van der Waals surface area contributed by atoms with Crippen LogP contribution in [0.3, 0.4) is 0 Å². The molecule has 0 aliphatic carbocycles. The van der Waals surface area contributed by atoms with Crippen LogP contribution in [0.4, 0.5) is 10.8 Å². The summed E-state index contributed by atoms with van der Waals surface area (Å²) in [6, 6.07) is 6.33. The molecule has 0 aliphatic heterocycles. The molecule has 0 bridgehead atoms. The zero-order chi connectivity index (χ0) is 24.3. The van der Waals surface area contributed by atoms with E-state index < -0.39 is 38.2 Å². The normalized spacial score (nSPS) is 12.0. The Morgan fingerprint density at radius 2 is 1.81 bits per heavy atom. The Bertz CT molecular complexity index is 1220. The van der Waals surface area contributed by atoms with Crippen LogP contribution < -0.4 is 20.1 Å². The van der Waals surface area contributed by atoms with Crippen LogP contribution in [0.1, 0.15) is 19.5 Å². The fourth-order valence-corrected chi connectivity index (χ4v) is 5.06. The van der Waals surface area contributed by atoms with Crippen LogP contribution in [0.15, 0.2) is 28.5 Å². The molecule has 0 unspecified atom stereocenters. The second-order valence-corrected chi connectivity index (χ2v) is 12.3. The fourth-order valence-electron chi connectivity index (χ4n) is 2.45. The van der Waals surface area contributed by atoms with E-state index in [4.69, 9.17) is 10.5 Å². The molecule has 0 aliphatic rings. The molecule has 0 saturated carbocycles. The molecule has 14 heteroatoms. The van der Waals surface area contributed by atoms with Gasteiger partial charge in [0.1, 0.15) is 9.96 Å². The Labute approximate surface area is 190 Å². The highest BCUT2D eigenvalue weighted by molar-refractivity contribution is 7.93. The van der Waals surface area contributed by atoms with Crippen molar-refractivity contribution in [3.05, 3.63) is 30.0 Å². The van der Waals surface area contributed by atoms with E-state index in [0.29, 0.717) is 17.9 Å². The first-order valence-corrected chi connectivity index (χ1v) is 13.8. The summed E-state index contributed by atoms with van der Waals surface area (Å²) in [5.74, 6) is -2.05. The molecule has 0 fully saturated rings. The Hall–Kier alpha value is -2.55. The van der Waals surface area contributed by atoms with Gasteiger partial charge in [-0.25, -0.2) is 31.4 Å². The minimum atomic E-state index is -3.84. The number of nitrogens with one attached hydrogen (secondary N) is 1. The lowest BCUT2D eigenvalue weighted by Crippen LogP contribution is -2.37. The lowest BCUT2D eigenvalue weighted by molar-refractivity contribution is -0.135. The maximum absolute atomic E-state index is 12.7.